The highest BCUT2D eigenvalue weighted by atomic mass is 16.6. The quantitative estimate of drug-likeness (QED) is 0.310. The lowest BCUT2D eigenvalue weighted by Gasteiger charge is -2.37. The average Bonchev–Trinajstić information content (AvgIpc) is 3.42. The van der Waals surface area contributed by atoms with E-state index in [-0.39, 0.29) is 6.54 Å². The minimum absolute atomic E-state index is 0.123. The van der Waals surface area contributed by atoms with Gasteiger partial charge in [-0.15, -0.1) is 5.10 Å². The molecule has 1 aliphatic heterocycles. The summed E-state index contributed by atoms with van der Waals surface area (Å²) in [6.45, 7) is 0.123. The predicted molar refractivity (Wildman–Crippen MR) is 104 cm³/mol. The number of nitrogens with one attached hydrogen (secondary N) is 1. The zero-order valence-corrected chi connectivity index (χ0v) is 16.5. The van der Waals surface area contributed by atoms with Crippen molar-refractivity contribution < 1.29 is 30.0 Å². The van der Waals surface area contributed by atoms with Gasteiger partial charge >= 0.3 is 0 Å². The van der Waals surface area contributed by atoms with Crippen LogP contribution in [-0.2, 0) is 23.1 Å². The molecular formula is C19H22N6O6. The number of aromatic nitrogens is 5. The second-order valence-corrected chi connectivity index (χ2v) is 7.24. The van der Waals surface area contributed by atoms with Gasteiger partial charge in [0.25, 0.3) is 5.91 Å². The highest BCUT2D eigenvalue weighted by Crippen LogP contribution is 2.20. The van der Waals surface area contributed by atoms with E-state index in [1.165, 1.54) is 0 Å². The Morgan fingerprint density at radius 2 is 1.87 bits per heavy atom. The van der Waals surface area contributed by atoms with Crippen LogP contribution in [0.5, 0.6) is 0 Å². The van der Waals surface area contributed by atoms with E-state index in [9.17, 15) is 25.2 Å². The Balaban J connectivity index is 1.38. The summed E-state index contributed by atoms with van der Waals surface area (Å²) >= 11 is 0. The van der Waals surface area contributed by atoms with Gasteiger partial charge in [0.15, 0.2) is 12.4 Å². The summed E-state index contributed by atoms with van der Waals surface area (Å²) in [7, 11) is 1.87. The summed E-state index contributed by atoms with van der Waals surface area (Å²) in [5.74, 6) is -0.723. The average molecular weight is 430 g/mol. The molecule has 0 radical (unpaired) electrons. The number of carbonyl (C=O) groups excluding carboxylic acids is 1. The van der Waals surface area contributed by atoms with E-state index in [0.717, 1.165) is 16.9 Å². The molecule has 0 saturated carbocycles. The number of hydrogen-bond donors (Lipinski definition) is 5. The first-order valence-corrected chi connectivity index (χ1v) is 9.49. The predicted octanol–water partition coefficient (Wildman–Crippen LogP) is -1.92. The van der Waals surface area contributed by atoms with Crippen LogP contribution >= 0.6 is 0 Å². The fourth-order valence-corrected chi connectivity index (χ4v) is 3.25. The van der Waals surface area contributed by atoms with Crippen molar-refractivity contribution in [2.24, 2.45) is 7.05 Å². The van der Waals surface area contributed by atoms with Gasteiger partial charge in [0.05, 0.1) is 30.1 Å². The van der Waals surface area contributed by atoms with E-state index < -0.39 is 36.6 Å². The normalized spacial score (nSPS) is 26.0. The maximum Gasteiger partial charge on any atom is 0.252 e. The first-order valence-electron chi connectivity index (χ1n) is 9.49. The smallest absolute Gasteiger partial charge is 0.252 e. The molecule has 1 unspecified atom stereocenters. The molecule has 0 aliphatic carbocycles. The molecule has 12 heteroatoms. The molecule has 1 fully saturated rings. The van der Waals surface area contributed by atoms with E-state index in [0.29, 0.717) is 5.69 Å². The maximum absolute atomic E-state index is 12.3. The van der Waals surface area contributed by atoms with Gasteiger partial charge in [-0.3, -0.25) is 4.79 Å². The molecule has 1 saturated heterocycles. The summed E-state index contributed by atoms with van der Waals surface area (Å²) < 4.78 is 8.36. The lowest BCUT2D eigenvalue weighted by Crippen LogP contribution is -2.61. The van der Waals surface area contributed by atoms with E-state index in [1.807, 2.05) is 11.6 Å². The number of rotatable bonds is 5. The molecule has 164 valence electrons. The van der Waals surface area contributed by atoms with Gasteiger partial charge in [-0.25, -0.2) is 9.67 Å². The van der Waals surface area contributed by atoms with Crippen molar-refractivity contribution in [2.45, 2.75) is 37.3 Å². The molecule has 3 heterocycles. The van der Waals surface area contributed by atoms with Gasteiger partial charge in [-0.2, -0.15) is 0 Å². The van der Waals surface area contributed by atoms with Crippen molar-refractivity contribution in [3.8, 4) is 17.1 Å². The highest BCUT2D eigenvalue weighted by molar-refractivity contribution is 5.81. The largest absolute Gasteiger partial charge is 0.387 e. The molecule has 1 aliphatic rings. The lowest BCUT2D eigenvalue weighted by atomic mass is 9.98. The third-order valence-corrected chi connectivity index (χ3v) is 5.09. The molecule has 1 aromatic carbocycles. The first kappa shape index (κ1) is 21.1. The van der Waals surface area contributed by atoms with Gasteiger partial charge < -0.3 is 35.0 Å². The second-order valence-electron chi connectivity index (χ2n) is 7.24. The van der Waals surface area contributed by atoms with Crippen LogP contribution in [0.3, 0.4) is 0 Å². The number of aliphatic hydroxyl groups is 4. The van der Waals surface area contributed by atoms with Gasteiger partial charge in [-0.05, 0) is 17.7 Å². The molecule has 3 aromatic rings. The molecule has 5 atom stereocenters. The highest BCUT2D eigenvalue weighted by Gasteiger charge is 2.46. The molecule has 0 bridgehead atoms. The molecule has 0 spiro atoms. The minimum atomic E-state index is -1.77. The SMILES string of the molecule is Cn1cncc1-c1cn(-c2ccc(CNC(=O)C3O[C@@H](O)[C@@H](O)[C@@H](O)[C@@H]3O)cc2)nn1. The zero-order chi connectivity index (χ0) is 22.1. The maximum atomic E-state index is 12.3. The third-order valence-electron chi connectivity index (χ3n) is 5.09. The van der Waals surface area contributed by atoms with Crippen molar-refractivity contribution in [1.82, 2.24) is 29.9 Å². The van der Waals surface area contributed by atoms with Crippen molar-refractivity contribution in [1.29, 1.82) is 0 Å². The Kier molecular flexibility index (Phi) is 5.80. The van der Waals surface area contributed by atoms with Crippen LogP contribution in [0, 0.1) is 0 Å². The first-order chi connectivity index (χ1) is 14.8. The summed E-state index contributed by atoms with van der Waals surface area (Å²) in [5, 5.41) is 49.5. The Bertz CT molecular complexity index is 1050. The minimum Gasteiger partial charge on any atom is -0.387 e. The number of hydrogen-bond acceptors (Lipinski definition) is 9. The van der Waals surface area contributed by atoms with Gasteiger partial charge in [0.2, 0.25) is 0 Å². The van der Waals surface area contributed by atoms with E-state index in [1.54, 1.807) is 47.7 Å². The van der Waals surface area contributed by atoms with Crippen LogP contribution < -0.4 is 5.32 Å². The van der Waals surface area contributed by atoms with Gasteiger partial charge in [0.1, 0.15) is 24.0 Å². The lowest BCUT2D eigenvalue weighted by molar-refractivity contribution is -0.275. The molecule has 31 heavy (non-hydrogen) atoms. The van der Waals surface area contributed by atoms with Crippen LogP contribution in [0.15, 0.2) is 43.0 Å². The van der Waals surface area contributed by atoms with Crippen LogP contribution in [0.2, 0.25) is 0 Å². The third kappa shape index (κ3) is 4.19. The Morgan fingerprint density at radius 1 is 1.13 bits per heavy atom. The fourth-order valence-electron chi connectivity index (χ4n) is 3.25. The Labute approximate surface area is 176 Å². The molecule has 4 rings (SSSR count). The second kappa shape index (κ2) is 8.53. The Hall–Kier alpha value is -3.16. The molecule has 2 aromatic heterocycles. The van der Waals surface area contributed by atoms with Crippen LogP contribution in [0.4, 0.5) is 0 Å². The molecule has 12 nitrogen and oxygen atoms in total. The van der Waals surface area contributed by atoms with E-state index >= 15 is 0 Å². The monoisotopic (exact) mass is 430 g/mol. The topological polar surface area (TPSA) is 168 Å². The van der Waals surface area contributed by atoms with Crippen molar-refractivity contribution in [3.05, 3.63) is 48.5 Å². The van der Waals surface area contributed by atoms with Gasteiger partial charge in [-0.1, -0.05) is 17.3 Å². The molecule has 1 amide bonds. The summed E-state index contributed by atoms with van der Waals surface area (Å²) in [6.07, 6.45) is -3.17. The fraction of sp³-hybridized carbons (Fsp3) is 0.368. The standard InChI is InChI=1S/C19H22N6O6/c1-24-9-20-7-13(24)12-8-25(23-22-12)11-4-2-10(3-5-11)6-21-18(29)17-15(27)14(26)16(28)19(30)31-17/h2-5,7-9,14-17,19,26-28,30H,6H2,1H3,(H,21,29)/t14-,15-,16-,17?,19+/m0/s1. The van der Waals surface area contributed by atoms with Crippen LogP contribution in [0.25, 0.3) is 17.1 Å². The number of benzene rings is 1. The number of nitrogens with zero attached hydrogens (tertiary/aromatic N) is 5. The molecule has 5 N–H and O–H groups in total. The molecular weight excluding hydrogens is 408 g/mol. The number of amides is 1. The number of imidazole rings is 1. The van der Waals surface area contributed by atoms with Crippen molar-refractivity contribution in [2.75, 3.05) is 0 Å². The zero-order valence-electron chi connectivity index (χ0n) is 16.5. The number of ether oxygens (including phenoxy) is 1. The summed E-state index contributed by atoms with van der Waals surface area (Å²) in [4.78, 5) is 16.3. The van der Waals surface area contributed by atoms with E-state index in [2.05, 4.69) is 20.6 Å². The summed E-state index contributed by atoms with van der Waals surface area (Å²) in [5.41, 5.74) is 3.04. The summed E-state index contributed by atoms with van der Waals surface area (Å²) in [6, 6.07) is 7.18. The van der Waals surface area contributed by atoms with Crippen molar-refractivity contribution >= 4 is 5.91 Å². The number of carbonyl (C=O) groups is 1. The van der Waals surface area contributed by atoms with Gasteiger partial charge in [0, 0.05) is 13.6 Å². The van der Waals surface area contributed by atoms with Crippen LogP contribution in [-0.4, -0.2) is 81.6 Å². The number of aliphatic hydroxyl groups excluding tert-OH is 4. The van der Waals surface area contributed by atoms with E-state index in [4.69, 9.17) is 4.74 Å². The van der Waals surface area contributed by atoms with Crippen molar-refractivity contribution in [3.63, 3.8) is 0 Å². The number of aryl methyl sites for hydroxylation is 1. The van der Waals surface area contributed by atoms with Crippen LogP contribution in [0.1, 0.15) is 5.56 Å². The Morgan fingerprint density at radius 3 is 2.55 bits per heavy atom.